The van der Waals surface area contributed by atoms with Crippen molar-refractivity contribution >= 4 is 11.6 Å². The minimum atomic E-state index is -2.01. The monoisotopic (exact) mass is 438 g/mol. The molecule has 1 saturated carbocycles. The molecule has 4 rings (SSSR count). The SMILES string of the molecule is COc1ccc(Cc2c(Cl)cc(CO)cc2O[C@H]2O[C@@]3(CO)[C@@H](O)[C@@]3(O)[C@H]2O)cc1. The van der Waals surface area contributed by atoms with Crippen LogP contribution in [0.3, 0.4) is 0 Å². The van der Waals surface area contributed by atoms with E-state index in [0.717, 1.165) is 5.56 Å². The first kappa shape index (κ1) is 21.3. The summed E-state index contributed by atoms with van der Waals surface area (Å²) in [5.74, 6) is 0.957. The molecule has 2 aliphatic rings. The summed E-state index contributed by atoms with van der Waals surface area (Å²) in [4.78, 5) is 0. The maximum Gasteiger partial charge on any atom is 0.230 e. The highest BCUT2D eigenvalue weighted by Crippen LogP contribution is 2.59. The summed E-state index contributed by atoms with van der Waals surface area (Å²) in [5, 5.41) is 50.3. The van der Waals surface area contributed by atoms with Crippen molar-refractivity contribution < 1.29 is 39.7 Å². The fourth-order valence-corrected chi connectivity index (χ4v) is 4.29. The lowest BCUT2D eigenvalue weighted by atomic mass is 10.0. The Bertz CT molecular complexity index is 931. The standard InChI is InChI=1S/C21H23ClO8/c1-28-13-4-2-11(3-5-13)6-14-15(22)7-12(9-23)8-16(14)29-18-17(25)21(27)19(26)20(21,10-24)30-18/h2-5,7-8,17-19,23-27H,6,9-10H2,1H3/t17-,18-,19+,20-,21-/m0/s1. The minimum Gasteiger partial charge on any atom is -0.497 e. The zero-order valence-corrected chi connectivity index (χ0v) is 16.9. The second-order valence-corrected chi connectivity index (χ2v) is 7.97. The van der Waals surface area contributed by atoms with Crippen molar-refractivity contribution in [2.45, 2.75) is 42.7 Å². The van der Waals surface area contributed by atoms with Gasteiger partial charge in [-0.15, -0.1) is 0 Å². The van der Waals surface area contributed by atoms with Crippen molar-refractivity contribution in [3.05, 3.63) is 58.1 Å². The van der Waals surface area contributed by atoms with Crippen LogP contribution in [0, 0.1) is 0 Å². The van der Waals surface area contributed by atoms with E-state index in [2.05, 4.69) is 0 Å². The molecule has 8 nitrogen and oxygen atoms in total. The topological polar surface area (TPSA) is 129 Å². The maximum absolute atomic E-state index is 10.5. The molecular weight excluding hydrogens is 416 g/mol. The van der Waals surface area contributed by atoms with Crippen molar-refractivity contribution in [1.29, 1.82) is 0 Å². The summed E-state index contributed by atoms with van der Waals surface area (Å²) in [7, 11) is 1.58. The summed E-state index contributed by atoms with van der Waals surface area (Å²) >= 11 is 6.44. The van der Waals surface area contributed by atoms with Crippen molar-refractivity contribution in [2.75, 3.05) is 13.7 Å². The van der Waals surface area contributed by atoms with E-state index in [1.165, 1.54) is 0 Å². The summed E-state index contributed by atoms with van der Waals surface area (Å²) in [5.41, 5.74) is -1.72. The number of fused-ring (bicyclic) bond motifs is 1. The van der Waals surface area contributed by atoms with Gasteiger partial charge < -0.3 is 39.7 Å². The van der Waals surface area contributed by atoms with Crippen LogP contribution in [0.1, 0.15) is 16.7 Å². The predicted octanol–water partition coefficient (Wildman–Crippen LogP) is 0.364. The molecule has 1 heterocycles. The van der Waals surface area contributed by atoms with Crippen LogP contribution in [0.25, 0.3) is 0 Å². The number of benzene rings is 2. The minimum absolute atomic E-state index is 0.249. The lowest BCUT2D eigenvalue weighted by Crippen LogP contribution is -2.41. The smallest absolute Gasteiger partial charge is 0.230 e. The van der Waals surface area contributed by atoms with Gasteiger partial charge in [-0.1, -0.05) is 23.7 Å². The number of rotatable bonds is 7. The molecule has 1 saturated heterocycles. The van der Waals surface area contributed by atoms with E-state index < -0.39 is 36.3 Å². The molecule has 0 spiro atoms. The number of hydrogen-bond donors (Lipinski definition) is 5. The molecule has 162 valence electrons. The Kier molecular flexibility index (Phi) is 5.44. The van der Waals surface area contributed by atoms with Crippen molar-refractivity contribution in [3.8, 4) is 11.5 Å². The molecule has 1 aliphatic heterocycles. The molecule has 2 aromatic rings. The second-order valence-electron chi connectivity index (χ2n) is 7.56. The summed E-state index contributed by atoms with van der Waals surface area (Å²) in [6, 6.07) is 10.5. The van der Waals surface area contributed by atoms with E-state index in [4.69, 9.17) is 25.8 Å². The number of aliphatic hydroxyl groups excluding tert-OH is 4. The van der Waals surface area contributed by atoms with Crippen LogP contribution in [0.5, 0.6) is 11.5 Å². The lowest BCUT2D eigenvalue weighted by molar-refractivity contribution is -0.170. The third-order valence-corrected chi connectivity index (χ3v) is 6.24. The fourth-order valence-electron chi connectivity index (χ4n) is 3.99. The van der Waals surface area contributed by atoms with Gasteiger partial charge in [0.05, 0.1) is 20.3 Å². The van der Waals surface area contributed by atoms with Crippen molar-refractivity contribution in [2.24, 2.45) is 0 Å². The van der Waals surface area contributed by atoms with E-state index in [1.807, 2.05) is 24.3 Å². The number of methoxy groups -OCH3 is 1. The third-order valence-electron chi connectivity index (χ3n) is 5.90. The molecular formula is C21H23ClO8. The number of ether oxygens (including phenoxy) is 3. The molecule has 5 atom stereocenters. The average Bonchev–Trinajstić information content (AvgIpc) is 3.13. The van der Waals surface area contributed by atoms with E-state index in [9.17, 15) is 25.5 Å². The first-order valence-electron chi connectivity index (χ1n) is 9.39. The van der Waals surface area contributed by atoms with Gasteiger partial charge in [0.1, 0.15) is 17.6 Å². The molecule has 2 fully saturated rings. The molecule has 0 unspecified atom stereocenters. The molecule has 9 heteroatoms. The first-order valence-corrected chi connectivity index (χ1v) is 9.77. The van der Waals surface area contributed by atoms with Gasteiger partial charge in [0, 0.05) is 17.0 Å². The molecule has 0 aromatic heterocycles. The van der Waals surface area contributed by atoms with Gasteiger partial charge in [-0.05, 0) is 35.4 Å². The summed E-state index contributed by atoms with van der Waals surface area (Å²) in [6.07, 6.45) is -3.98. The van der Waals surface area contributed by atoms with E-state index in [-0.39, 0.29) is 12.4 Å². The Balaban J connectivity index is 1.63. The largest absolute Gasteiger partial charge is 0.497 e. The number of aliphatic hydroxyl groups is 5. The van der Waals surface area contributed by atoms with Gasteiger partial charge in [0.25, 0.3) is 0 Å². The number of halogens is 1. The van der Waals surface area contributed by atoms with Crippen molar-refractivity contribution in [3.63, 3.8) is 0 Å². The molecule has 5 N–H and O–H groups in total. The Labute approximate surface area is 177 Å². The van der Waals surface area contributed by atoms with E-state index in [0.29, 0.717) is 28.3 Å². The maximum atomic E-state index is 10.5. The number of hydrogen-bond acceptors (Lipinski definition) is 8. The molecule has 2 aromatic carbocycles. The van der Waals surface area contributed by atoms with Crippen LogP contribution in [0.15, 0.2) is 36.4 Å². The normalized spacial score (nSPS) is 32.0. The average molecular weight is 439 g/mol. The highest BCUT2D eigenvalue weighted by Gasteiger charge is 2.87. The Morgan fingerprint density at radius 2 is 1.80 bits per heavy atom. The molecule has 1 aliphatic carbocycles. The second kappa shape index (κ2) is 7.65. The van der Waals surface area contributed by atoms with Crippen LogP contribution in [-0.4, -0.2) is 68.9 Å². The zero-order valence-electron chi connectivity index (χ0n) is 16.2. The third kappa shape index (κ3) is 3.07. The Morgan fingerprint density at radius 1 is 1.10 bits per heavy atom. The zero-order chi connectivity index (χ0) is 21.7. The van der Waals surface area contributed by atoms with Gasteiger partial charge in [-0.25, -0.2) is 0 Å². The van der Waals surface area contributed by atoms with Crippen LogP contribution in [0.4, 0.5) is 0 Å². The summed E-state index contributed by atoms with van der Waals surface area (Å²) in [6.45, 7) is -0.964. The Hall–Kier alpha value is -1.91. The van der Waals surface area contributed by atoms with Gasteiger partial charge >= 0.3 is 0 Å². The Morgan fingerprint density at radius 3 is 2.37 bits per heavy atom. The fraction of sp³-hybridized carbons (Fsp3) is 0.429. The molecule has 0 bridgehead atoms. The van der Waals surface area contributed by atoms with Gasteiger partial charge in [0.15, 0.2) is 17.3 Å². The van der Waals surface area contributed by atoms with Crippen LogP contribution in [-0.2, 0) is 17.8 Å². The van der Waals surface area contributed by atoms with Crippen molar-refractivity contribution in [1.82, 2.24) is 0 Å². The van der Waals surface area contributed by atoms with Crippen LogP contribution < -0.4 is 9.47 Å². The van der Waals surface area contributed by atoms with Gasteiger partial charge in [-0.3, -0.25) is 0 Å². The predicted molar refractivity (Wildman–Crippen MR) is 105 cm³/mol. The van der Waals surface area contributed by atoms with Gasteiger partial charge in [0.2, 0.25) is 6.29 Å². The summed E-state index contributed by atoms with van der Waals surface area (Å²) < 4.78 is 16.5. The van der Waals surface area contributed by atoms with Crippen LogP contribution in [0.2, 0.25) is 5.02 Å². The van der Waals surface area contributed by atoms with E-state index >= 15 is 0 Å². The highest BCUT2D eigenvalue weighted by atomic mass is 35.5. The molecule has 0 radical (unpaired) electrons. The molecule has 0 amide bonds. The van der Waals surface area contributed by atoms with Crippen LogP contribution >= 0.6 is 11.6 Å². The highest BCUT2D eigenvalue weighted by molar-refractivity contribution is 6.31. The quantitative estimate of drug-likeness (QED) is 0.419. The first-order chi connectivity index (χ1) is 14.3. The van der Waals surface area contributed by atoms with Gasteiger partial charge in [-0.2, -0.15) is 0 Å². The van der Waals surface area contributed by atoms with E-state index in [1.54, 1.807) is 19.2 Å². The lowest BCUT2D eigenvalue weighted by Gasteiger charge is -2.24. The molecule has 30 heavy (non-hydrogen) atoms.